The molecular formula is C11H21NO7. The highest BCUT2D eigenvalue weighted by Gasteiger charge is 2.35. The van der Waals surface area contributed by atoms with Crippen LogP contribution in [0.15, 0.2) is 0 Å². The van der Waals surface area contributed by atoms with Crippen LogP contribution in [0, 0.1) is 5.41 Å². The second-order valence-corrected chi connectivity index (χ2v) is 5.24. The van der Waals surface area contributed by atoms with Crippen LogP contribution < -0.4 is 5.32 Å². The monoisotopic (exact) mass is 279 g/mol. The summed E-state index contributed by atoms with van der Waals surface area (Å²) in [7, 11) is 0. The number of aliphatic hydroxyl groups excluding tert-OH is 5. The van der Waals surface area contributed by atoms with Crippen LogP contribution in [0.25, 0.3) is 0 Å². The van der Waals surface area contributed by atoms with E-state index in [1.54, 1.807) is 20.8 Å². The maximum Gasteiger partial charge on any atom is 0.258 e. The molecule has 0 saturated heterocycles. The van der Waals surface area contributed by atoms with Crippen molar-refractivity contribution in [3.05, 3.63) is 0 Å². The predicted molar refractivity (Wildman–Crippen MR) is 63.7 cm³/mol. The summed E-state index contributed by atoms with van der Waals surface area (Å²) in [5.74, 6) is -1.86. The molecule has 0 aliphatic rings. The Morgan fingerprint density at radius 3 is 1.89 bits per heavy atom. The zero-order valence-corrected chi connectivity index (χ0v) is 11.1. The minimum Gasteiger partial charge on any atom is -0.394 e. The van der Waals surface area contributed by atoms with Crippen molar-refractivity contribution >= 4 is 11.8 Å². The minimum atomic E-state index is -2.11. The SMILES string of the molecule is CC(C)(C)C(=O)NC(=O)[C@H](O)[C@@H](O)[C@H](O)[C@H](O)CO. The molecule has 0 aromatic heterocycles. The van der Waals surface area contributed by atoms with Gasteiger partial charge in [0.1, 0.15) is 18.3 Å². The Kier molecular flexibility index (Phi) is 6.53. The van der Waals surface area contributed by atoms with Gasteiger partial charge in [-0.2, -0.15) is 0 Å². The third kappa shape index (κ3) is 5.21. The molecular weight excluding hydrogens is 258 g/mol. The maximum absolute atomic E-state index is 11.5. The van der Waals surface area contributed by atoms with Crippen LogP contribution in [0.2, 0.25) is 0 Å². The molecule has 2 amide bonds. The minimum absolute atomic E-state index is 0.666. The maximum atomic E-state index is 11.5. The van der Waals surface area contributed by atoms with Crippen molar-refractivity contribution < 1.29 is 35.1 Å². The van der Waals surface area contributed by atoms with Gasteiger partial charge in [-0.3, -0.25) is 14.9 Å². The Hall–Kier alpha value is -1.06. The molecule has 0 rings (SSSR count). The first-order valence-corrected chi connectivity index (χ1v) is 5.70. The van der Waals surface area contributed by atoms with E-state index in [1.165, 1.54) is 0 Å². The van der Waals surface area contributed by atoms with E-state index in [0.29, 0.717) is 0 Å². The van der Waals surface area contributed by atoms with Crippen LogP contribution in [-0.4, -0.2) is 68.4 Å². The van der Waals surface area contributed by atoms with Crippen molar-refractivity contribution in [2.45, 2.75) is 45.2 Å². The van der Waals surface area contributed by atoms with Gasteiger partial charge in [0.15, 0.2) is 6.10 Å². The molecule has 8 heteroatoms. The number of hydrogen-bond acceptors (Lipinski definition) is 7. The lowest BCUT2D eigenvalue weighted by atomic mass is 9.95. The average Bonchev–Trinajstić information content (AvgIpc) is 2.33. The van der Waals surface area contributed by atoms with Gasteiger partial charge in [-0.25, -0.2) is 0 Å². The summed E-state index contributed by atoms with van der Waals surface area (Å²) in [5, 5.41) is 47.7. The van der Waals surface area contributed by atoms with Crippen molar-refractivity contribution in [2.75, 3.05) is 6.61 Å². The van der Waals surface area contributed by atoms with Crippen LogP contribution in [0.4, 0.5) is 0 Å². The molecule has 0 fully saturated rings. The molecule has 0 heterocycles. The number of rotatable bonds is 5. The van der Waals surface area contributed by atoms with Crippen LogP contribution >= 0.6 is 0 Å². The fourth-order valence-electron chi connectivity index (χ4n) is 1.05. The smallest absolute Gasteiger partial charge is 0.258 e. The lowest BCUT2D eigenvalue weighted by Crippen LogP contribution is -2.53. The average molecular weight is 279 g/mol. The van der Waals surface area contributed by atoms with E-state index in [0.717, 1.165) is 0 Å². The highest BCUT2D eigenvalue weighted by Crippen LogP contribution is 2.13. The standard InChI is InChI=1S/C11H21NO7/c1-11(2,3)10(19)12-9(18)8(17)7(16)6(15)5(14)4-13/h5-8,13-17H,4H2,1-3H3,(H,12,18,19)/t5-,6-,7+,8-/m1/s1. The van der Waals surface area contributed by atoms with E-state index in [-0.39, 0.29) is 0 Å². The summed E-state index contributed by atoms with van der Waals surface area (Å²) in [5.41, 5.74) is -0.871. The van der Waals surface area contributed by atoms with Gasteiger partial charge in [-0.05, 0) is 0 Å². The normalized spacial score (nSPS) is 18.3. The molecule has 0 radical (unpaired) electrons. The van der Waals surface area contributed by atoms with Crippen molar-refractivity contribution in [2.24, 2.45) is 5.41 Å². The summed E-state index contributed by atoms with van der Waals surface area (Å²) in [4.78, 5) is 22.9. The Labute approximate surface area is 110 Å². The second-order valence-electron chi connectivity index (χ2n) is 5.24. The summed E-state index contributed by atoms with van der Waals surface area (Å²) >= 11 is 0. The second kappa shape index (κ2) is 6.92. The Morgan fingerprint density at radius 1 is 1.05 bits per heavy atom. The summed E-state index contributed by atoms with van der Waals surface area (Å²) in [6.07, 6.45) is -7.77. The van der Waals surface area contributed by atoms with Crippen molar-refractivity contribution in [1.29, 1.82) is 0 Å². The van der Waals surface area contributed by atoms with Crippen molar-refractivity contribution in [3.63, 3.8) is 0 Å². The zero-order chi connectivity index (χ0) is 15.4. The van der Waals surface area contributed by atoms with Crippen LogP contribution in [0.3, 0.4) is 0 Å². The first-order chi connectivity index (χ1) is 8.52. The van der Waals surface area contributed by atoms with E-state index >= 15 is 0 Å². The van der Waals surface area contributed by atoms with Gasteiger partial charge in [0, 0.05) is 5.41 Å². The highest BCUT2D eigenvalue weighted by atomic mass is 16.4. The molecule has 0 aromatic rings. The van der Waals surface area contributed by atoms with Crippen molar-refractivity contribution in [3.8, 4) is 0 Å². The van der Waals surface area contributed by atoms with Gasteiger partial charge in [0.05, 0.1) is 6.61 Å². The van der Waals surface area contributed by atoms with Gasteiger partial charge in [-0.1, -0.05) is 20.8 Å². The fraction of sp³-hybridized carbons (Fsp3) is 0.818. The van der Waals surface area contributed by atoms with Gasteiger partial charge in [0.2, 0.25) is 5.91 Å². The van der Waals surface area contributed by atoms with E-state index < -0.39 is 48.3 Å². The number of aliphatic hydroxyl groups is 5. The number of carbonyl (C=O) groups is 2. The molecule has 112 valence electrons. The van der Waals surface area contributed by atoms with Gasteiger partial charge >= 0.3 is 0 Å². The van der Waals surface area contributed by atoms with E-state index in [4.69, 9.17) is 10.2 Å². The number of carbonyl (C=O) groups excluding carboxylic acids is 2. The first-order valence-electron chi connectivity index (χ1n) is 5.70. The Balaban J connectivity index is 4.61. The molecule has 0 aromatic carbocycles. The topological polar surface area (TPSA) is 147 Å². The third-order valence-electron chi connectivity index (χ3n) is 2.44. The fourth-order valence-corrected chi connectivity index (χ4v) is 1.05. The molecule has 6 N–H and O–H groups in total. The number of amides is 2. The number of nitrogens with one attached hydrogen (secondary N) is 1. The largest absolute Gasteiger partial charge is 0.394 e. The molecule has 0 aliphatic carbocycles. The van der Waals surface area contributed by atoms with Gasteiger partial charge in [0.25, 0.3) is 5.91 Å². The lowest BCUT2D eigenvalue weighted by molar-refractivity contribution is -0.152. The molecule has 8 nitrogen and oxygen atoms in total. The molecule has 0 unspecified atom stereocenters. The first kappa shape index (κ1) is 17.9. The number of imide groups is 1. The van der Waals surface area contributed by atoms with Crippen molar-refractivity contribution in [1.82, 2.24) is 5.32 Å². The van der Waals surface area contributed by atoms with Crippen LogP contribution in [0.5, 0.6) is 0 Å². The molecule has 4 atom stereocenters. The molecule has 0 aliphatic heterocycles. The Bertz CT molecular complexity index is 325. The lowest BCUT2D eigenvalue weighted by Gasteiger charge is -2.25. The zero-order valence-electron chi connectivity index (χ0n) is 11.1. The van der Waals surface area contributed by atoms with Crippen LogP contribution in [0.1, 0.15) is 20.8 Å². The predicted octanol–water partition coefficient (Wildman–Crippen LogP) is -2.89. The summed E-state index contributed by atoms with van der Waals surface area (Å²) < 4.78 is 0. The van der Waals surface area contributed by atoms with E-state index in [2.05, 4.69) is 0 Å². The van der Waals surface area contributed by atoms with E-state index in [1.807, 2.05) is 5.32 Å². The van der Waals surface area contributed by atoms with Gasteiger partial charge < -0.3 is 25.5 Å². The molecule has 0 bridgehead atoms. The number of hydrogen-bond donors (Lipinski definition) is 6. The summed E-state index contributed by atoms with van der Waals surface area (Å²) in [6, 6.07) is 0. The summed E-state index contributed by atoms with van der Waals surface area (Å²) in [6.45, 7) is 3.78. The molecule has 19 heavy (non-hydrogen) atoms. The quantitative estimate of drug-likeness (QED) is 0.316. The Morgan fingerprint density at radius 2 is 1.53 bits per heavy atom. The third-order valence-corrected chi connectivity index (χ3v) is 2.44. The highest BCUT2D eigenvalue weighted by molar-refractivity contribution is 5.99. The molecule has 0 spiro atoms. The van der Waals surface area contributed by atoms with Crippen LogP contribution in [-0.2, 0) is 9.59 Å². The van der Waals surface area contributed by atoms with Gasteiger partial charge in [-0.15, -0.1) is 0 Å². The molecule has 0 saturated carbocycles. The van der Waals surface area contributed by atoms with E-state index in [9.17, 15) is 24.9 Å².